The Hall–Kier alpha value is -1.94. The molecule has 2 aromatic carbocycles. The molecular formula is C18H19ClFN3O3S2. The maximum absolute atomic E-state index is 13.3. The number of piperazine rings is 1. The van der Waals surface area contributed by atoms with Crippen LogP contribution in [0.15, 0.2) is 47.4 Å². The van der Waals surface area contributed by atoms with Gasteiger partial charge < -0.3 is 15.0 Å². The zero-order valence-electron chi connectivity index (χ0n) is 15.1. The lowest BCUT2D eigenvalue weighted by Gasteiger charge is -2.35. The van der Waals surface area contributed by atoms with Crippen molar-refractivity contribution in [1.29, 1.82) is 0 Å². The molecule has 1 heterocycles. The standard InChI is InChI=1S/C18H19ClFN3O3S2/c1-26-14-3-5-15(6-4-14)28(24,25)23-10-8-22(9-11-23)18(27)21-13-2-7-17(20)16(19)12-13/h2-7,12H,8-11H2,1H3,(H,21,27). The first kappa shape index (κ1) is 20.8. The van der Waals surface area contributed by atoms with E-state index in [2.05, 4.69) is 5.32 Å². The molecule has 0 bridgehead atoms. The molecule has 0 saturated carbocycles. The largest absolute Gasteiger partial charge is 0.497 e. The number of sulfonamides is 1. The molecule has 0 radical (unpaired) electrons. The van der Waals surface area contributed by atoms with Gasteiger partial charge in [0, 0.05) is 31.9 Å². The predicted octanol–water partition coefficient (Wildman–Crippen LogP) is 3.19. The van der Waals surface area contributed by atoms with E-state index in [1.165, 1.54) is 41.7 Å². The second-order valence-electron chi connectivity index (χ2n) is 6.13. The first-order valence-electron chi connectivity index (χ1n) is 8.46. The molecule has 0 atom stereocenters. The summed E-state index contributed by atoms with van der Waals surface area (Å²) >= 11 is 11.2. The van der Waals surface area contributed by atoms with Crippen LogP contribution in [0.3, 0.4) is 0 Å². The summed E-state index contributed by atoms with van der Waals surface area (Å²) in [6.07, 6.45) is 0. The van der Waals surface area contributed by atoms with E-state index >= 15 is 0 Å². The Kier molecular flexibility index (Phi) is 6.39. The quantitative estimate of drug-likeness (QED) is 0.732. The molecule has 1 saturated heterocycles. The molecule has 1 aliphatic rings. The molecule has 0 amide bonds. The number of thiocarbonyl (C=S) groups is 1. The second-order valence-corrected chi connectivity index (χ2v) is 8.86. The summed E-state index contributed by atoms with van der Waals surface area (Å²) in [4.78, 5) is 2.09. The van der Waals surface area contributed by atoms with Crippen molar-refractivity contribution in [2.75, 3.05) is 38.6 Å². The summed E-state index contributed by atoms with van der Waals surface area (Å²) in [5, 5.41) is 3.44. The van der Waals surface area contributed by atoms with Gasteiger partial charge in [-0.05, 0) is 54.7 Å². The molecule has 0 aliphatic carbocycles. The van der Waals surface area contributed by atoms with Crippen LogP contribution < -0.4 is 10.1 Å². The monoisotopic (exact) mass is 443 g/mol. The Bertz CT molecular complexity index is 963. The number of nitrogens with zero attached hydrogens (tertiary/aromatic N) is 2. The van der Waals surface area contributed by atoms with Gasteiger partial charge in [-0.15, -0.1) is 0 Å². The summed E-state index contributed by atoms with van der Waals surface area (Å²) in [5.74, 6) is 0.0941. The van der Waals surface area contributed by atoms with Gasteiger partial charge in [0.1, 0.15) is 11.6 Å². The van der Waals surface area contributed by atoms with E-state index in [4.69, 9.17) is 28.6 Å². The number of rotatable bonds is 4. The highest BCUT2D eigenvalue weighted by Crippen LogP contribution is 2.22. The van der Waals surface area contributed by atoms with Gasteiger partial charge in [0.05, 0.1) is 17.0 Å². The number of halogens is 2. The van der Waals surface area contributed by atoms with Crippen molar-refractivity contribution >= 4 is 44.6 Å². The minimum atomic E-state index is -3.58. The van der Waals surface area contributed by atoms with Gasteiger partial charge in [-0.3, -0.25) is 0 Å². The Morgan fingerprint density at radius 1 is 1.14 bits per heavy atom. The highest BCUT2D eigenvalue weighted by molar-refractivity contribution is 7.89. The Labute approximate surface area is 173 Å². The molecule has 0 spiro atoms. The van der Waals surface area contributed by atoms with Crippen LogP contribution in [0.5, 0.6) is 5.75 Å². The fraction of sp³-hybridized carbons (Fsp3) is 0.278. The molecular weight excluding hydrogens is 425 g/mol. The SMILES string of the molecule is COc1ccc(S(=O)(=O)N2CCN(C(=S)Nc3ccc(F)c(Cl)c3)CC2)cc1. The number of hydrogen-bond donors (Lipinski definition) is 1. The summed E-state index contributed by atoms with van der Waals surface area (Å²) < 4.78 is 45.3. The fourth-order valence-electron chi connectivity index (χ4n) is 2.80. The van der Waals surface area contributed by atoms with Crippen molar-refractivity contribution in [2.24, 2.45) is 0 Å². The number of ether oxygens (including phenoxy) is 1. The van der Waals surface area contributed by atoms with Gasteiger partial charge in [-0.1, -0.05) is 11.6 Å². The Morgan fingerprint density at radius 2 is 1.79 bits per heavy atom. The summed E-state index contributed by atoms with van der Waals surface area (Å²) in [7, 11) is -2.05. The van der Waals surface area contributed by atoms with Crippen molar-refractivity contribution in [3.63, 3.8) is 0 Å². The van der Waals surface area contributed by atoms with Crippen LogP contribution in [0.25, 0.3) is 0 Å². The Morgan fingerprint density at radius 3 is 2.36 bits per heavy atom. The van der Waals surface area contributed by atoms with Gasteiger partial charge in [-0.25, -0.2) is 12.8 Å². The third-order valence-corrected chi connectivity index (χ3v) is 6.96. The van der Waals surface area contributed by atoms with E-state index in [0.29, 0.717) is 42.7 Å². The van der Waals surface area contributed by atoms with Gasteiger partial charge in [-0.2, -0.15) is 4.31 Å². The van der Waals surface area contributed by atoms with Gasteiger partial charge in [0.2, 0.25) is 10.0 Å². The minimum Gasteiger partial charge on any atom is -0.497 e. The topological polar surface area (TPSA) is 61.9 Å². The zero-order valence-corrected chi connectivity index (χ0v) is 17.5. The minimum absolute atomic E-state index is 0.00297. The van der Waals surface area contributed by atoms with Gasteiger partial charge >= 0.3 is 0 Å². The maximum atomic E-state index is 13.3. The fourth-order valence-corrected chi connectivity index (χ4v) is 4.71. The average molecular weight is 444 g/mol. The van der Waals surface area contributed by atoms with Crippen LogP contribution in [-0.2, 0) is 10.0 Å². The molecule has 0 aromatic heterocycles. The van der Waals surface area contributed by atoms with Gasteiger partial charge in [0.25, 0.3) is 0 Å². The van der Waals surface area contributed by atoms with Crippen molar-refractivity contribution in [3.05, 3.63) is 53.3 Å². The lowest BCUT2D eigenvalue weighted by molar-refractivity contribution is 0.268. The van der Waals surface area contributed by atoms with Crippen LogP contribution in [-0.4, -0.2) is 56.0 Å². The third kappa shape index (κ3) is 4.54. The van der Waals surface area contributed by atoms with E-state index < -0.39 is 15.8 Å². The van der Waals surface area contributed by atoms with Crippen LogP contribution in [0.1, 0.15) is 0 Å². The van der Waals surface area contributed by atoms with Crippen LogP contribution in [0.2, 0.25) is 5.02 Å². The van der Waals surface area contributed by atoms with Crippen molar-refractivity contribution in [1.82, 2.24) is 9.21 Å². The molecule has 1 fully saturated rings. The number of anilines is 1. The highest BCUT2D eigenvalue weighted by atomic mass is 35.5. The summed E-state index contributed by atoms with van der Waals surface area (Å²) in [6, 6.07) is 10.6. The van der Waals surface area contributed by atoms with E-state index in [1.807, 2.05) is 4.90 Å². The predicted molar refractivity (Wildman–Crippen MR) is 111 cm³/mol. The van der Waals surface area contributed by atoms with Crippen molar-refractivity contribution in [3.8, 4) is 5.75 Å². The molecule has 0 unspecified atom stereocenters. The van der Waals surface area contributed by atoms with Crippen LogP contribution >= 0.6 is 23.8 Å². The third-order valence-electron chi connectivity index (χ3n) is 4.39. The van der Waals surface area contributed by atoms with E-state index in [1.54, 1.807) is 12.1 Å². The van der Waals surface area contributed by atoms with Crippen molar-refractivity contribution in [2.45, 2.75) is 4.90 Å². The number of methoxy groups -OCH3 is 1. The number of benzene rings is 2. The zero-order chi connectivity index (χ0) is 20.3. The molecule has 28 heavy (non-hydrogen) atoms. The first-order chi connectivity index (χ1) is 13.3. The van der Waals surface area contributed by atoms with Crippen LogP contribution in [0, 0.1) is 5.82 Å². The molecule has 1 aliphatic heterocycles. The molecule has 3 rings (SSSR count). The molecule has 6 nitrogen and oxygen atoms in total. The average Bonchev–Trinajstić information content (AvgIpc) is 2.71. The summed E-state index contributed by atoms with van der Waals surface area (Å²) in [6.45, 7) is 1.49. The maximum Gasteiger partial charge on any atom is 0.243 e. The molecule has 2 aromatic rings. The number of hydrogen-bond acceptors (Lipinski definition) is 4. The first-order valence-corrected chi connectivity index (χ1v) is 10.7. The summed E-state index contributed by atoms with van der Waals surface area (Å²) in [5.41, 5.74) is 0.574. The lowest BCUT2D eigenvalue weighted by Crippen LogP contribution is -2.51. The lowest BCUT2D eigenvalue weighted by atomic mass is 10.3. The van der Waals surface area contributed by atoms with E-state index in [9.17, 15) is 12.8 Å². The Balaban J connectivity index is 1.61. The molecule has 10 heteroatoms. The molecule has 1 N–H and O–H groups in total. The van der Waals surface area contributed by atoms with E-state index in [-0.39, 0.29) is 9.92 Å². The van der Waals surface area contributed by atoms with Crippen LogP contribution in [0.4, 0.5) is 10.1 Å². The van der Waals surface area contributed by atoms with E-state index in [0.717, 1.165) is 0 Å². The highest BCUT2D eigenvalue weighted by Gasteiger charge is 2.29. The van der Waals surface area contributed by atoms with Gasteiger partial charge in [0.15, 0.2) is 5.11 Å². The normalized spacial score (nSPS) is 15.3. The van der Waals surface area contributed by atoms with Crippen molar-refractivity contribution < 1.29 is 17.5 Å². The number of nitrogens with one attached hydrogen (secondary N) is 1. The molecule has 150 valence electrons. The second kappa shape index (κ2) is 8.60. The smallest absolute Gasteiger partial charge is 0.243 e.